The molecule has 0 spiro atoms. The van der Waals surface area contributed by atoms with Crippen LogP contribution in [0.5, 0.6) is 11.5 Å². The van der Waals surface area contributed by atoms with Crippen molar-refractivity contribution in [1.29, 1.82) is 0 Å². The lowest BCUT2D eigenvalue weighted by Gasteiger charge is -2.28. The van der Waals surface area contributed by atoms with Gasteiger partial charge in [0.25, 0.3) is 0 Å². The number of carbonyl (C=O) groups is 2. The normalized spacial score (nSPS) is 13.8. The Labute approximate surface area is 292 Å². The van der Waals surface area contributed by atoms with Crippen molar-refractivity contribution in [1.82, 2.24) is 0 Å². The van der Waals surface area contributed by atoms with Crippen molar-refractivity contribution in [3.8, 4) is 11.5 Å². The highest BCUT2D eigenvalue weighted by molar-refractivity contribution is 6.15. The van der Waals surface area contributed by atoms with Crippen LogP contribution in [0, 0.1) is 6.92 Å². The van der Waals surface area contributed by atoms with E-state index >= 15 is 0 Å². The first kappa shape index (κ1) is 39.6. The van der Waals surface area contributed by atoms with Gasteiger partial charge in [-0.05, 0) is 31.0 Å². The molecule has 0 radical (unpaired) electrons. The summed E-state index contributed by atoms with van der Waals surface area (Å²) < 4.78 is 5.90. The average molecular weight is 663 g/mol. The van der Waals surface area contributed by atoms with Crippen molar-refractivity contribution in [2.24, 2.45) is 0 Å². The van der Waals surface area contributed by atoms with Crippen LogP contribution < -0.4 is 0 Å². The number of unbranched alkanes of at least 4 members (excludes halogenated alkanes) is 24. The minimum atomic E-state index is -0.836. The summed E-state index contributed by atoms with van der Waals surface area (Å²) in [5, 5.41) is 21.0. The van der Waals surface area contributed by atoms with Crippen molar-refractivity contribution < 1.29 is 24.5 Å². The molecule has 5 heteroatoms. The van der Waals surface area contributed by atoms with Crippen molar-refractivity contribution in [2.45, 2.75) is 187 Å². The zero-order valence-electron chi connectivity index (χ0n) is 30.5. The molecule has 2 aromatic carbocycles. The number of hydrogen-bond donors (Lipinski definition) is 2. The van der Waals surface area contributed by atoms with Crippen LogP contribution in [0.3, 0.4) is 0 Å². The maximum Gasteiger partial charge on any atom is 0.306 e. The summed E-state index contributed by atoms with van der Waals surface area (Å²) in [4.78, 5) is 26.0. The molecule has 0 amide bonds. The van der Waals surface area contributed by atoms with Crippen LogP contribution in [0.1, 0.15) is 213 Å². The topological polar surface area (TPSA) is 83.8 Å². The highest BCUT2D eigenvalue weighted by Gasteiger charge is 2.37. The molecule has 1 aliphatic rings. The van der Waals surface area contributed by atoms with Gasteiger partial charge in [-0.25, -0.2) is 0 Å². The molecule has 0 saturated heterocycles. The maximum absolute atomic E-state index is 13.1. The molecule has 2 N–H and O–H groups in total. The highest BCUT2D eigenvalue weighted by atomic mass is 16.5. The monoisotopic (exact) mass is 662 g/mol. The fourth-order valence-electron chi connectivity index (χ4n) is 7.29. The third kappa shape index (κ3) is 14.0. The Hall–Kier alpha value is -2.82. The molecule has 0 saturated carbocycles. The molecule has 0 aliphatic heterocycles. The summed E-state index contributed by atoms with van der Waals surface area (Å²) in [6.45, 7) is 4.11. The van der Waals surface area contributed by atoms with Gasteiger partial charge in [0.05, 0.1) is 11.1 Å². The zero-order chi connectivity index (χ0) is 34.4. The number of rotatable bonds is 27. The maximum atomic E-state index is 13.1. The molecule has 0 aromatic heterocycles. The Morgan fingerprint density at radius 1 is 0.583 bits per heavy atom. The van der Waals surface area contributed by atoms with Crippen LogP contribution in [-0.4, -0.2) is 22.0 Å². The van der Waals surface area contributed by atoms with Gasteiger partial charge in [-0.3, -0.25) is 9.59 Å². The number of ketones is 1. The smallest absolute Gasteiger partial charge is 0.306 e. The third-order valence-electron chi connectivity index (χ3n) is 10.1. The Kier molecular flexibility index (Phi) is 19.4. The second-order valence-electron chi connectivity index (χ2n) is 14.4. The second kappa shape index (κ2) is 23.5. The molecule has 1 aliphatic carbocycles. The van der Waals surface area contributed by atoms with E-state index in [1.807, 2.05) is 6.92 Å². The van der Waals surface area contributed by atoms with E-state index in [4.69, 9.17) is 4.74 Å². The van der Waals surface area contributed by atoms with Gasteiger partial charge in [0.15, 0.2) is 6.10 Å². The number of carbonyl (C=O) groups excluding carboxylic acids is 2. The fraction of sp³-hybridized carbons (Fsp3) is 0.674. The van der Waals surface area contributed by atoms with Gasteiger partial charge in [0.2, 0.25) is 5.78 Å². The summed E-state index contributed by atoms with van der Waals surface area (Å²) in [6, 6.07) is 8.08. The van der Waals surface area contributed by atoms with E-state index in [0.29, 0.717) is 17.5 Å². The van der Waals surface area contributed by atoms with Crippen LogP contribution in [-0.2, 0) is 9.53 Å². The van der Waals surface area contributed by atoms with Gasteiger partial charge in [-0.15, -0.1) is 0 Å². The first-order chi connectivity index (χ1) is 23.4. The number of hydrogen-bond acceptors (Lipinski definition) is 5. The molecule has 268 valence electrons. The quantitative estimate of drug-likeness (QED) is 0.0734. The molecular formula is C43H66O5. The van der Waals surface area contributed by atoms with E-state index in [2.05, 4.69) is 6.92 Å². The van der Waals surface area contributed by atoms with Crippen molar-refractivity contribution in [3.05, 3.63) is 58.1 Å². The second-order valence-corrected chi connectivity index (χ2v) is 14.4. The predicted octanol–water partition coefficient (Wildman–Crippen LogP) is 12.7. The molecule has 2 aromatic rings. The van der Waals surface area contributed by atoms with Crippen LogP contribution in [0.2, 0.25) is 0 Å². The Bertz CT molecular complexity index is 1220. The van der Waals surface area contributed by atoms with Gasteiger partial charge in [-0.1, -0.05) is 179 Å². The van der Waals surface area contributed by atoms with Crippen LogP contribution in [0.4, 0.5) is 0 Å². The summed E-state index contributed by atoms with van der Waals surface area (Å²) in [6.07, 6.45) is 33.0. The lowest BCUT2D eigenvalue weighted by atomic mass is 9.81. The van der Waals surface area contributed by atoms with Gasteiger partial charge >= 0.3 is 5.97 Å². The molecule has 48 heavy (non-hydrogen) atoms. The zero-order valence-corrected chi connectivity index (χ0v) is 30.5. The van der Waals surface area contributed by atoms with Crippen molar-refractivity contribution >= 4 is 11.8 Å². The van der Waals surface area contributed by atoms with E-state index in [-0.39, 0.29) is 28.6 Å². The summed E-state index contributed by atoms with van der Waals surface area (Å²) in [5.41, 5.74) is 1.88. The van der Waals surface area contributed by atoms with Gasteiger partial charge in [0.1, 0.15) is 11.5 Å². The highest BCUT2D eigenvalue weighted by Crippen LogP contribution is 2.44. The fourth-order valence-corrected chi connectivity index (χ4v) is 7.29. The molecule has 0 fully saturated rings. The molecule has 5 nitrogen and oxygen atoms in total. The molecule has 1 atom stereocenters. The number of ether oxygens (including phenoxy) is 1. The van der Waals surface area contributed by atoms with Crippen LogP contribution in [0.15, 0.2) is 30.3 Å². The predicted molar refractivity (Wildman–Crippen MR) is 198 cm³/mol. The van der Waals surface area contributed by atoms with Crippen molar-refractivity contribution in [3.63, 3.8) is 0 Å². The number of phenolic OH excluding ortho intramolecular Hbond substituents is 2. The summed E-state index contributed by atoms with van der Waals surface area (Å²) in [7, 11) is 0. The lowest BCUT2D eigenvalue weighted by molar-refractivity contribution is -0.147. The SMILES string of the molecule is CCCCCCCCCCCCCCCCCCCCCCCCCCCC(=O)OC1c2cccc(O)c2C(=O)c2c(O)cc(C)cc21. The van der Waals surface area contributed by atoms with Crippen molar-refractivity contribution in [2.75, 3.05) is 0 Å². The van der Waals surface area contributed by atoms with Crippen LogP contribution >= 0.6 is 0 Å². The number of benzene rings is 2. The number of aromatic hydroxyl groups is 2. The Morgan fingerprint density at radius 3 is 1.46 bits per heavy atom. The van der Waals surface area contributed by atoms with Gasteiger partial charge < -0.3 is 14.9 Å². The average Bonchev–Trinajstić information content (AvgIpc) is 3.06. The minimum Gasteiger partial charge on any atom is -0.507 e. The van der Waals surface area contributed by atoms with E-state index in [1.165, 1.54) is 153 Å². The molecule has 0 bridgehead atoms. The summed E-state index contributed by atoms with van der Waals surface area (Å²) >= 11 is 0. The third-order valence-corrected chi connectivity index (χ3v) is 10.1. The number of fused-ring (bicyclic) bond motifs is 2. The van der Waals surface area contributed by atoms with E-state index in [9.17, 15) is 19.8 Å². The molecule has 3 rings (SSSR count). The first-order valence-corrected chi connectivity index (χ1v) is 19.8. The summed E-state index contributed by atoms with van der Waals surface area (Å²) in [5.74, 6) is -1.12. The first-order valence-electron chi connectivity index (χ1n) is 19.8. The van der Waals surface area contributed by atoms with Gasteiger partial charge in [-0.2, -0.15) is 0 Å². The van der Waals surface area contributed by atoms with E-state index in [0.717, 1.165) is 24.8 Å². The molecule has 0 heterocycles. The standard InChI is InChI=1S/C43H66O5/c1-3-4-5-6-7-8-9-10-11-12-13-14-15-16-17-18-19-20-21-22-23-24-25-26-27-31-39(46)48-43-35-29-28-30-37(44)40(35)42(47)41-36(43)32-34(2)33-38(41)45/h28-30,32-33,43-45H,3-27,31H2,1-2H3. The Balaban J connectivity index is 1.14. The lowest BCUT2D eigenvalue weighted by Crippen LogP contribution is -2.24. The largest absolute Gasteiger partial charge is 0.507 e. The minimum absolute atomic E-state index is 0.0898. The number of esters is 1. The van der Waals surface area contributed by atoms with E-state index < -0.39 is 11.9 Å². The molecular weight excluding hydrogens is 596 g/mol. The number of phenols is 2. The van der Waals surface area contributed by atoms with Crippen LogP contribution in [0.25, 0.3) is 0 Å². The number of aryl methyl sites for hydroxylation is 1. The molecule has 1 unspecified atom stereocenters. The Morgan fingerprint density at radius 2 is 1.00 bits per heavy atom. The van der Waals surface area contributed by atoms with E-state index in [1.54, 1.807) is 18.2 Å². The van der Waals surface area contributed by atoms with Gasteiger partial charge in [0, 0.05) is 17.5 Å².